The lowest BCUT2D eigenvalue weighted by Gasteiger charge is -2.30. The van der Waals surface area contributed by atoms with Crippen LogP contribution in [-0.2, 0) is 31.9 Å². The maximum Gasteiger partial charge on any atom is 0.338 e. The van der Waals surface area contributed by atoms with Crippen LogP contribution in [0.4, 0.5) is 0 Å². The Morgan fingerprint density at radius 3 is 2.30 bits per heavy atom. The summed E-state index contributed by atoms with van der Waals surface area (Å²) in [5, 5.41) is 0. The van der Waals surface area contributed by atoms with Gasteiger partial charge in [-0.15, -0.1) is 0 Å². The van der Waals surface area contributed by atoms with E-state index in [-0.39, 0.29) is 24.4 Å². The number of nitrogens with zero attached hydrogens (tertiary/aromatic N) is 1. The van der Waals surface area contributed by atoms with Crippen LogP contribution < -0.4 is 0 Å². The van der Waals surface area contributed by atoms with Gasteiger partial charge in [-0.3, -0.25) is 9.59 Å². The van der Waals surface area contributed by atoms with Gasteiger partial charge in [-0.2, -0.15) is 0 Å². The second-order valence-electron chi connectivity index (χ2n) is 7.40. The number of carbonyl (C=O) groups is 3. The molecule has 1 aliphatic heterocycles. The zero-order chi connectivity index (χ0) is 21.3. The number of rotatable bonds is 7. The first-order chi connectivity index (χ1) is 14.6. The van der Waals surface area contributed by atoms with E-state index in [1.165, 1.54) is 12.7 Å². The van der Waals surface area contributed by atoms with E-state index >= 15 is 0 Å². The van der Waals surface area contributed by atoms with Crippen molar-refractivity contribution in [2.45, 2.75) is 25.7 Å². The van der Waals surface area contributed by atoms with Gasteiger partial charge in [0, 0.05) is 13.1 Å². The first-order valence-electron chi connectivity index (χ1n) is 10.2. The Kier molecular flexibility index (Phi) is 7.60. The zero-order valence-electron chi connectivity index (χ0n) is 17.2. The molecule has 0 bridgehead atoms. The molecule has 0 radical (unpaired) electrons. The molecule has 0 spiro atoms. The molecule has 158 valence electrons. The van der Waals surface area contributed by atoms with E-state index < -0.39 is 5.97 Å². The standard InChI is InChI=1S/C24H27NO5/c1-29-23(27)20-13-15-25(16-14-20)22(26)17-30-24(28)21-10-6-5-9-19(21)12-11-18-7-3-2-4-8-18/h2-10,20H,11-17H2,1H3. The van der Waals surface area contributed by atoms with Gasteiger partial charge in [-0.1, -0.05) is 48.5 Å². The summed E-state index contributed by atoms with van der Waals surface area (Å²) in [4.78, 5) is 38.2. The summed E-state index contributed by atoms with van der Waals surface area (Å²) in [6.45, 7) is 0.627. The summed E-state index contributed by atoms with van der Waals surface area (Å²) in [6.07, 6.45) is 2.66. The molecule has 0 N–H and O–H groups in total. The summed E-state index contributed by atoms with van der Waals surface area (Å²) in [5.41, 5.74) is 2.59. The number of ether oxygens (including phenoxy) is 2. The van der Waals surface area contributed by atoms with Gasteiger partial charge in [0.05, 0.1) is 18.6 Å². The van der Waals surface area contributed by atoms with Crippen molar-refractivity contribution < 1.29 is 23.9 Å². The summed E-state index contributed by atoms with van der Waals surface area (Å²) in [6, 6.07) is 17.4. The Balaban J connectivity index is 1.51. The van der Waals surface area contributed by atoms with Gasteiger partial charge in [0.25, 0.3) is 5.91 Å². The van der Waals surface area contributed by atoms with Crippen molar-refractivity contribution in [1.29, 1.82) is 0 Å². The number of esters is 2. The molecule has 0 unspecified atom stereocenters. The molecule has 1 saturated heterocycles. The predicted molar refractivity (Wildman–Crippen MR) is 112 cm³/mol. The third-order valence-electron chi connectivity index (χ3n) is 5.47. The highest BCUT2D eigenvalue weighted by Crippen LogP contribution is 2.19. The third-order valence-corrected chi connectivity index (χ3v) is 5.47. The first-order valence-corrected chi connectivity index (χ1v) is 10.2. The minimum absolute atomic E-state index is 0.168. The highest BCUT2D eigenvalue weighted by molar-refractivity contribution is 5.92. The molecule has 0 aromatic heterocycles. The van der Waals surface area contributed by atoms with Gasteiger partial charge in [-0.05, 0) is 42.9 Å². The molecule has 6 nitrogen and oxygen atoms in total. The Morgan fingerprint density at radius 2 is 1.60 bits per heavy atom. The van der Waals surface area contributed by atoms with Crippen LogP contribution in [0.2, 0.25) is 0 Å². The molecule has 2 aromatic carbocycles. The number of likely N-dealkylation sites (tertiary alicyclic amines) is 1. The third kappa shape index (κ3) is 5.69. The lowest BCUT2D eigenvalue weighted by molar-refractivity contribution is -0.149. The van der Waals surface area contributed by atoms with Gasteiger partial charge < -0.3 is 14.4 Å². The highest BCUT2D eigenvalue weighted by Gasteiger charge is 2.28. The second-order valence-corrected chi connectivity index (χ2v) is 7.40. The quantitative estimate of drug-likeness (QED) is 0.657. The van der Waals surface area contributed by atoms with Gasteiger partial charge in [0.15, 0.2) is 6.61 Å². The van der Waals surface area contributed by atoms with Crippen molar-refractivity contribution in [3.63, 3.8) is 0 Å². The Labute approximate surface area is 176 Å². The topological polar surface area (TPSA) is 72.9 Å². The first kappa shape index (κ1) is 21.6. The Bertz CT molecular complexity index is 872. The molecule has 1 amide bonds. The van der Waals surface area contributed by atoms with Gasteiger partial charge in [-0.25, -0.2) is 4.79 Å². The molecule has 0 aliphatic carbocycles. The van der Waals surface area contributed by atoms with Crippen LogP contribution >= 0.6 is 0 Å². The molecule has 0 saturated carbocycles. The largest absolute Gasteiger partial charge is 0.469 e. The van der Waals surface area contributed by atoms with Crippen molar-refractivity contribution in [3.05, 3.63) is 71.3 Å². The van der Waals surface area contributed by atoms with Gasteiger partial charge in [0.2, 0.25) is 0 Å². The van der Waals surface area contributed by atoms with Gasteiger partial charge in [0.1, 0.15) is 0 Å². The molecule has 1 heterocycles. The lowest BCUT2D eigenvalue weighted by atomic mass is 9.97. The van der Waals surface area contributed by atoms with Crippen LogP contribution in [0.15, 0.2) is 54.6 Å². The molecule has 2 aromatic rings. The fourth-order valence-electron chi connectivity index (χ4n) is 3.69. The molecule has 30 heavy (non-hydrogen) atoms. The maximum atomic E-state index is 12.6. The summed E-state index contributed by atoms with van der Waals surface area (Å²) >= 11 is 0. The van der Waals surface area contributed by atoms with E-state index in [1.807, 2.05) is 30.3 Å². The van der Waals surface area contributed by atoms with Crippen molar-refractivity contribution in [1.82, 2.24) is 4.90 Å². The molecule has 3 rings (SSSR count). The Hall–Kier alpha value is -3.15. The summed E-state index contributed by atoms with van der Waals surface area (Å²) in [7, 11) is 1.37. The van der Waals surface area contributed by atoms with Crippen molar-refractivity contribution in [2.75, 3.05) is 26.8 Å². The highest BCUT2D eigenvalue weighted by atomic mass is 16.5. The van der Waals surface area contributed by atoms with E-state index in [1.54, 1.807) is 17.0 Å². The van der Waals surface area contributed by atoms with E-state index in [0.717, 1.165) is 12.0 Å². The van der Waals surface area contributed by atoms with Gasteiger partial charge >= 0.3 is 11.9 Å². The van der Waals surface area contributed by atoms with Crippen molar-refractivity contribution in [3.8, 4) is 0 Å². The molecule has 1 fully saturated rings. The SMILES string of the molecule is COC(=O)C1CCN(C(=O)COC(=O)c2ccccc2CCc2ccccc2)CC1. The van der Waals surface area contributed by atoms with Crippen LogP contribution in [-0.4, -0.2) is 49.6 Å². The average Bonchev–Trinajstić information content (AvgIpc) is 2.81. The number of amides is 1. The lowest BCUT2D eigenvalue weighted by Crippen LogP contribution is -2.42. The number of piperidine rings is 1. The predicted octanol–water partition coefficient (Wildman–Crippen LogP) is 3.04. The van der Waals surface area contributed by atoms with E-state index in [2.05, 4.69) is 12.1 Å². The van der Waals surface area contributed by atoms with Crippen LogP contribution in [0.3, 0.4) is 0 Å². The maximum absolute atomic E-state index is 12.6. The van der Waals surface area contributed by atoms with E-state index in [0.29, 0.717) is 37.9 Å². The van der Waals surface area contributed by atoms with E-state index in [9.17, 15) is 14.4 Å². The van der Waals surface area contributed by atoms with Crippen molar-refractivity contribution in [2.24, 2.45) is 5.92 Å². The van der Waals surface area contributed by atoms with E-state index in [4.69, 9.17) is 9.47 Å². The fourth-order valence-corrected chi connectivity index (χ4v) is 3.69. The van der Waals surface area contributed by atoms with Crippen LogP contribution in [0.5, 0.6) is 0 Å². The molecule has 6 heteroatoms. The fraction of sp³-hybridized carbons (Fsp3) is 0.375. The minimum atomic E-state index is -0.489. The number of methoxy groups -OCH3 is 1. The van der Waals surface area contributed by atoms with Crippen LogP contribution in [0.1, 0.15) is 34.3 Å². The number of aryl methyl sites for hydroxylation is 2. The number of hydrogen-bond acceptors (Lipinski definition) is 5. The molecule has 0 atom stereocenters. The summed E-state index contributed by atoms with van der Waals surface area (Å²) < 4.78 is 10.1. The summed E-state index contributed by atoms with van der Waals surface area (Å²) in [5.74, 6) is -1.14. The monoisotopic (exact) mass is 409 g/mol. The normalized spacial score (nSPS) is 14.2. The smallest absolute Gasteiger partial charge is 0.338 e. The molecular formula is C24H27NO5. The van der Waals surface area contributed by atoms with Crippen LogP contribution in [0.25, 0.3) is 0 Å². The number of carbonyl (C=O) groups excluding carboxylic acids is 3. The Morgan fingerprint density at radius 1 is 0.933 bits per heavy atom. The minimum Gasteiger partial charge on any atom is -0.469 e. The average molecular weight is 409 g/mol. The number of benzene rings is 2. The molecular weight excluding hydrogens is 382 g/mol. The zero-order valence-corrected chi connectivity index (χ0v) is 17.2. The molecule has 1 aliphatic rings. The van der Waals surface area contributed by atoms with Crippen molar-refractivity contribution >= 4 is 17.8 Å². The number of hydrogen-bond donors (Lipinski definition) is 0. The van der Waals surface area contributed by atoms with Crippen LogP contribution in [0, 0.1) is 5.92 Å². The second kappa shape index (κ2) is 10.6.